The summed E-state index contributed by atoms with van der Waals surface area (Å²) in [7, 11) is 1.70. The summed E-state index contributed by atoms with van der Waals surface area (Å²) in [6.45, 7) is 8.36. The highest BCUT2D eigenvalue weighted by Crippen LogP contribution is 2.20. The van der Waals surface area contributed by atoms with E-state index in [-0.39, 0.29) is 12.3 Å². The van der Waals surface area contributed by atoms with Crippen LogP contribution < -0.4 is 10.1 Å². The van der Waals surface area contributed by atoms with Gasteiger partial charge in [-0.1, -0.05) is 25.1 Å². The van der Waals surface area contributed by atoms with Gasteiger partial charge in [0.25, 0.3) is 0 Å². The lowest BCUT2D eigenvalue weighted by Gasteiger charge is -2.28. The maximum Gasteiger partial charge on any atom is 0.172 e. The molecule has 0 radical (unpaired) electrons. The summed E-state index contributed by atoms with van der Waals surface area (Å²) in [5.74, 6) is 0.910. The minimum atomic E-state index is -0.239. The summed E-state index contributed by atoms with van der Waals surface area (Å²) < 4.78 is 17.0. The molecule has 120 valence electrons. The van der Waals surface area contributed by atoms with E-state index in [1.165, 1.54) is 0 Å². The fourth-order valence-corrected chi connectivity index (χ4v) is 2.31. The van der Waals surface area contributed by atoms with Crippen LogP contribution in [0.4, 0.5) is 0 Å². The van der Waals surface area contributed by atoms with E-state index in [0.29, 0.717) is 13.2 Å². The van der Waals surface area contributed by atoms with Crippen molar-refractivity contribution < 1.29 is 14.2 Å². The molecule has 0 heterocycles. The van der Waals surface area contributed by atoms with Gasteiger partial charge in [0.05, 0.1) is 13.2 Å². The lowest BCUT2D eigenvalue weighted by atomic mass is 10.0. The van der Waals surface area contributed by atoms with Gasteiger partial charge < -0.3 is 19.5 Å². The Morgan fingerprint density at radius 2 is 1.71 bits per heavy atom. The van der Waals surface area contributed by atoms with Crippen molar-refractivity contribution in [2.24, 2.45) is 0 Å². The molecule has 0 amide bonds. The molecule has 4 nitrogen and oxygen atoms in total. The number of ether oxygens (including phenoxy) is 3. The first-order chi connectivity index (χ1) is 10.3. The van der Waals surface area contributed by atoms with Gasteiger partial charge in [-0.3, -0.25) is 0 Å². The largest absolute Gasteiger partial charge is 0.496 e. The van der Waals surface area contributed by atoms with E-state index in [0.717, 1.165) is 30.7 Å². The molecule has 21 heavy (non-hydrogen) atoms. The molecule has 0 aliphatic rings. The van der Waals surface area contributed by atoms with Crippen molar-refractivity contribution in [1.29, 1.82) is 0 Å². The van der Waals surface area contributed by atoms with Crippen LogP contribution in [-0.2, 0) is 15.9 Å². The van der Waals surface area contributed by atoms with Gasteiger partial charge in [-0.2, -0.15) is 0 Å². The fourth-order valence-electron chi connectivity index (χ4n) is 2.31. The molecule has 1 aromatic rings. The topological polar surface area (TPSA) is 39.7 Å². The van der Waals surface area contributed by atoms with Crippen LogP contribution in [0.25, 0.3) is 0 Å². The van der Waals surface area contributed by atoms with Crippen LogP contribution in [0.1, 0.15) is 32.8 Å². The predicted octanol–water partition coefficient (Wildman–Crippen LogP) is 3.01. The quantitative estimate of drug-likeness (QED) is 0.637. The summed E-state index contributed by atoms with van der Waals surface area (Å²) in [5.41, 5.74) is 1.16. The van der Waals surface area contributed by atoms with Crippen molar-refractivity contribution in [3.63, 3.8) is 0 Å². The van der Waals surface area contributed by atoms with Gasteiger partial charge in [0.1, 0.15) is 5.75 Å². The number of benzene rings is 1. The van der Waals surface area contributed by atoms with Crippen molar-refractivity contribution >= 4 is 0 Å². The smallest absolute Gasteiger partial charge is 0.172 e. The number of hydrogen-bond acceptors (Lipinski definition) is 4. The van der Waals surface area contributed by atoms with Crippen molar-refractivity contribution in [3.8, 4) is 5.75 Å². The van der Waals surface area contributed by atoms with Crippen LogP contribution in [-0.4, -0.2) is 39.2 Å². The highest BCUT2D eigenvalue weighted by Gasteiger charge is 2.23. The van der Waals surface area contributed by atoms with Crippen molar-refractivity contribution in [2.45, 2.75) is 45.9 Å². The molecule has 0 fully saturated rings. The molecule has 4 heteroatoms. The third-order valence-electron chi connectivity index (χ3n) is 3.28. The Kier molecular flexibility index (Phi) is 9.06. The third kappa shape index (κ3) is 6.04. The Labute approximate surface area is 128 Å². The second kappa shape index (κ2) is 10.6. The van der Waals surface area contributed by atoms with Gasteiger partial charge >= 0.3 is 0 Å². The Balaban J connectivity index is 2.84. The molecule has 1 rings (SSSR count). The summed E-state index contributed by atoms with van der Waals surface area (Å²) >= 11 is 0. The number of rotatable bonds is 11. The number of methoxy groups -OCH3 is 1. The minimum absolute atomic E-state index is 0.112. The third-order valence-corrected chi connectivity index (χ3v) is 3.28. The number of para-hydroxylation sites is 1. The van der Waals surface area contributed by atoms with E-state index < -0.39 is 0 Å². The highest BCUT2D eigenvalue weighted by molar-refractivity contribution is 5.33. The summed E-state index contributed by atoms with van der Waals surface area (Å²) in [4.78, 5) is 0. The Morgan fingerprint density at radius 3 is 2.29 bits per heavy atom. The van der Waals surface area contributed by atoms with Crippen LogP contribution >= 0.6 is 0 Å². The molecule has 1 aromatic carbocycles. The van der Waals surface area contributed by atoms with Gasteiger partial charge in [0, 0.05) is 13.2 Å². The molecule has 1 unspecified atom stereocenters. The van der Waals surface area contributed by atoms with Crippen LogP contribution in [0.15, 0.2) is 24.3 Å². The first-order valence-electron chi connectivity index (χ1n) is 7.85. The van der Waals surface area contributed by atoms with E-state index in [1.54, 1.807) is 7.11 Å². The van der Waals surface area contributed by atoms with Crippen LogP contribution in [0.3, 0.4) is 0 Å². The molecule has 0 saturated carbocycles. The van der Waals surface area contributed by atoms with Gasteiger partial charge in [-0.15, -0.1) is 0 Å². The summed E-state index contributed by atoms with van der Waals surface area (Å²) in [5, 5.41) is 3.53. The second-order valence-electron chi connectivity index (χ2n) is 4.86. The second-order valence-corrected chi connectivity index (χ2v) is 4.86. The summed E-state index contributed by atoms with van der Waals surface area (Å²) in [6.07, 6.45) is 1.65. The van der Waals surface area contributed by atoms with Crippen LogP contribution in [0.5, 0.6) is 5.75 Å². The first-order valence-corrected chi connectivity index (χ1v) is 7.85. The number of hydrogen-bond donors (Lipinski definition) is 1. The van der Waals surface area contributed by atoms with Crippen molar-refractivity contribution in [3.05, 3.63) is 29.8 Å². The van der Waals surface area contributed by atoms with E-state index in [9.17, 15) is 0 Å². The van der Waals surface area contributed by atoms with Gasteiger partial charge in [0.2, 0.25) is 0 Å². The molecule has 0 bridgehead atoms. The minimum Gasteiger partial charge on any atom is -0.496 e. The van der Waals surface area contributed by atoms with E-state index >= 15 is 0 Å². The lowest BCUT2D eigenvalue weighted by molar-refractivity contribution is -0.153. The molecule has 1 atom stereocenters. The normalized spacial score (nSPS) is 12.6. The molecular weight excluding hydrogens is 266 g/mol. The average molecular weight is 295 g/mol. The maximum absolute atomic E-state index is 5.76. The van der Waals surface area contributed by atoms with Crippen molar-refractivity contribution in [2.75, 3.05) is 26.9 Å². The van der Waals surface area contributed by atoms with Gasteiger partial charge in [0.15, 0.2) is 6.29 Å². The summed E-state index contributed by atoms with van der Waals surface area (Å²) in [6, 6.07) is 8.21. The average Bonchev–Trinajstić information content (AvgIpc) is 2.51. The zero-order chi connectivity index (χ0) is 15.5. The Morgan fingerprint density at radius 1 is 1.05 bits per heavy atom. The fraction of sp³-hybridized carbons (Fsp3) is 0.647. The molecule has 0 aliphatic carbocycles. The Hall–Kier alpha value is -1.10. The zero-order valence-corrected chi connectivity index (χ0v) is 13.7. The lowest BCUT2D eigenvalue weighted by Crippen LogP contribution is -2.45. The van der Waals surface area contributed by atoms with Crippen molar-refractivity contribution in [1.82, 2.24) is 5.32 Å². The molecule has 0 spiro atoms. The van der Waals surface area contributed by atoms with Gasteiger partial charge in [-0.05, 0) is 44.9 Å². The molecule has 0 saturated heterocycles. The molecule has 1 N–H and O–H groups in total. The SMILES string of the molecule is CCCNC(Cc1ccccc1OC)C(OCC)OCC. The van der Waals surface area contributed by atoms with E-state index in [4.69, 9.17) is 14.2 Å². The zero-order valence-electron chi connectivity index (χ0n) is 13.7. The Bertz CT molecular complexity index is 378. The van der Waals surface area contributed by atoms with E-state index in [1.807, 2.05) is 32.0 Å². The number of nitrogens with one attached hydrogen (secondary N) is 1. The van der Waals surface area contributed by atoms with Gasteiger partial charge in [-0.25, -0.2) is 0 Å². The maximum atomic E-state index is 5.76. The highest BCUT2D eigenvalue weighted by atomic mass is 16.7. The van der Waals surface area contributed by atoms with E-state index in [2.05, 4.69) is 18.3 Å². The molecule has 0 aliphatic heterocycles. The molecular formula is C17H29NO3. The monoisotopic (exact) mass is 295 g/mol. The molecule has 0 aromatic heterocycles. The predicted molar refractivity (Wildman–Crippen MR) is 85.8 cm³/mol. The van der Waals surface area contributed by atoms with Crippen LogP contribution in [0.2, 0.25) is 0 Å². The first kappa shape index (κ1) is 18.0. The van der Waals surface area contributed by atoms with Crippen LogP contribution in [0, 0.1) is 0 Å². The standard InChI is InChI=1S/C17H29NO3/c1-5-12-18-15(17(20-6-2)21-7-3)13-14-10-8-9-11-16(14)19-4/h8-11,15,17-18H,5-7,12-13H2,1-4H3.